The molecule has 0 aliphatic carbocycles. The summed E-state index contributed by atoms with van der Waals surface area (Å²) in [5, 5.41) is 11.0. The number of methoxy groups -OCH3 is 1. The number of ether oxygens (including phenoxy) is 2. The predicted octanol–water partition coefficient (Wildman–Crippen LogP) is 0.664. The molecule has 0 aliphatic heterocycles. The normalized spacial score (nSPS) is 10.2. The van der Waals surface area contributed by atoms with Gasteiger partial charge in [-0.05, 0) is 17.7 Å². The summed E-state index contributed by atoms with van der Waals surface area (Å²) in [6, 6.07) is 7.06. The van der Waals surface area contributed by atoms with Gasteiger partial charge in [0.15, 0.2) is 0 Å². The van der Waals surface area contributed by atoms with E-state index in [1.807, 2.05) is 12.1 Å². The van der Waals surface area contributed by atoms with E-state index in [1.165, 1.54) is 0 Å². The second-order valence-corrected chi connectivity index (χ2v) is 3.83. The molecule has 0 fully saturated rings. The Hall–Kier alpha value is -1.92. The van der Waals surface area contributed by atoms with Crippen LogP contribution >= 0.6 is 0 Å². The third-order valence-electron chi connectivity index (χ3n) is 2.28. The van der Waals surface area contributed by atoms with Crippen molar-refractivity contribution in [3.8, 4) is 0 Å². The molecule has 1 aromatic rings. The van der Waals surface area contributed by atoms with Crippen molar-refractivity contribution in [1.82, 2.24) is 5.32 Å². The molecule has 1 rings (SSSR count). The monoisotopic (exact) mass is 267 g/mol. The zero-order chi connectivity index (χ0) is 14.1. The fourth-order valence-electron chi connectivity index (χ4n) is 1.42. The largest absolute Gasteiger partial charge is 0.480 e. The number of amides is 1. The number of benzene rings is 1. The number of hydrogen-bond acceptors (Lipinski definition) is 4. The SMILES string of the molecule is COCc1ccc(C(=O)NCCOCC(=O)O)cc1. The van der Waals surface area contributed by atoms with Gasteiger partial charge < -0.3 is 19.9 Å². The van der Waals surface area contributed by atoms with E-state index in [-0.39, 0.29) is 25.7 Å². The quantitative estimate of drug-likeness (QED) is 0.676. The highest BCUT2D eigenvalue weighted by Gasteiger charge is 2.04. The Morgan fingerprint density at radius 2 is 1.95 bits per heavy atom. The van der Waals surface area contributed by atoms with Gasteiger partial charge in [-0.25, -0.2) is 4.79 Å². The summed E-state index contributed by atoms with van der Waals surface area (Å²) in [7, 11) is 1.61. The van der Waals surface area contributed by atoms with E-state index in [0.717, 1.165) is 5.56 Å². The molecule has 6 nitrogen and oxygen atoms in total. The summed E-state index contributed by atoms with van der Waals surface area (Å²) in [5.74, 6) is -1.25. The lowest BCUT2D eigenvalue weighted by Gasteiger charge is -2.06. The molecule has 0 spiro atoms. The van der Waals surface area contributed by atoms with Crippen molar-refractivity contribution in [2.45, 2.75) is 6.61 Å². The highest BCUT2D eigenvalue weighted by atomic mass is 16.5. The Morgan fingerprint density at radius 3 is 2.53 bits per heavy atom. The van der Waals surface area contributed by atoms with Crippen molar-refractivity contribution in [3.05, 3.63) is 35.4 Å². The summed E-state index contributed by atoms with van der Waals surface area (Å²) in [6.07, 6.45) is 0. The maximum Gasteiger partial charge on any atom is 0.329 e. The number of nitrogens with one attached hydrogen (secondary N) is 1. The zero-order valence-electron chi connectivity index (χ0n) is 10.7. The van der Waals surface area contributed by atoms with Crippen LogP contribution in [-0.4, -0.2) is 43.9 Å². The number of rotatable bonds is 8. The third-order valence-corrected chi connectivity index (χ3v) is 2.28. The van der Waals surface area contributed by atoms with Gasteiger partial charge in [0.2, 0.25) is 0 Å². The van der Waals surface area contributed by atoms with Gasteiger partial charge >= 0.3 is 5.97 Å². The Balaban J connectivity index is 2.30. The number of carboxylic acids is 1. The van der Waals surface area contributed by atoms with Crippen LogP contribution in [0.1, 0.15) is 15.9 Å². The predicted molar refractivity (Wildman–Crippen MR) is 67.9 cm³/mol. The molecule has 0 aromatic heterocycles. The Kier molecular flexibility index (Phi) is 6.56. The first-order valence-electron chi connectivity index (χ1n) is 5.79. The number of carbonyl (C=O) groups is 2. The van der Waals surface area contributed by atoms with E-state index in [2.05, 4.69) is 5.32 Å². The topological polar surface area (TPSA) is 84.9 Å². The molecule has 0 heterocycles. The van der Waals surface area contributed by atoms with Crippen LogP contribution < -0.4 is 5.32 Å². The van der Waals surface area contributed by atoms with Gasteiger partial charge in [-0.1, -0.05) is 12.1 Å². The maximum absolute atomic E-state index is 11.7. The summed E-state index contributed by atoms with van der Waals surface area (Å²) in [5.41, 5.74) is 1.53. The minimum Gasteiger partial charge on any atom is -0.480 e. The van der Waals surface area contributed by atoms with Crippen LogP contribution in [0, 0.1) is 0 Å². The molecular formula is C13H17NO5. The van der Waals surface area contributed by atoms with Crippen LogP contribution in [0.15, 0.2) is 24.3 Å². The van der Waals surface area contributed by atoms with E-state index in [1.54, 1.807) is 19.2 Å². The number of aliphatic carboxylic acids is 1. The average Bonchev–Trinajstić information content (AvgIpc) is 2.39. The molecule has 0 radical (unpaired) electrons. The number of hydrogen-bond donors (Lipinski definition) is 2. The Bertz CT molecular complexity index is 416. The molecule has 0 aliphatic rings. The fourth-order valence-corrected chi connectivity index (χ4v) is 1.42. The van der Waals surface area contributed by atoms with E-state index in [4.69, 9.17) is 14.6 Å². The Morgan fingerprint density at radius 1 is 1.26 bits per heavy atom. The van der Waals surface area contributed by atoms with E-state index < -0.39 is 5.97 Å². The first-order chi connectivity index (χ1) is 9.13. The van der Waals surface area contributed by atoms with Gasteiger partial charge in [0.1, 0.15) is 6.61 Å². The van der Waals surface area contributed by atoms with Crippen LogP contribution in [0.2, 0.25) is 0 Å². The smallest absolute Gasteiger partial charge is 0.329 e. The van der Waals surface area contributed by atoms with Crippen molar-refractivity contribution in [2.24, 2.45) is 0 Å². The molecule has 19 heavy (non-hydrogen) atoms. The van der Waals surface area contributed by atoms with Gasteiger partial charge in [0, 0.05) is 19.2 Å². The average molecular weight is 267 g/mol. The lowest BCUT2D eigenvalue weighted by molar-refractivity contribution is -0.142. The van der Waals surface area contributed by atoms with Crippen molar-refractivity contribution < 1.29 is 24.2 Å². The first kappa shape index (κ1) is 15.1. The molecule has 0 bridgehead atoms. The minimum atomic E-state index is -1.03. The zero-order valence-corrected chi connectivity index (χ0v) is 10.7. The van der Waals surface area contributed by atoms with E-state index in [0.29, 0.717) is 12.2 Å². The van der Waals surface area contributed by atoms with Crippen LogP contribution in [0.5, 0.6) is 0 Å². The summed E-state index contributed by atoms with van der Waals surface area (Å²) in [4.78, 5) is 21.9. The van der Waals surface area contributed by atoms with E-state index >= 15 is 0 Å². The maximum atomic E-state index is 11.7. The molecule has 0 saturated heterocycles. The van der Waals surface area contributed by atoms with Gasteiger partial charge in [0.25, 0.3) is 5.91 Å². The molecule has 2 N–H and O–H groups in total. The van der Waals surface area contributed by atoms with Gasteiger partial charge in [0.05, 0.1) is 13.2 Å². The molecule has 1 amide bonds. The minimum absolute atomic E-state index is 0.166. The van der Waals surface area contributed by atoms with Crippen molar-refractivity contribution >= 4 is 11.9 Å². The van der Waals surface area contributed by atoms with E-state index in [9.17, 15) is 9.59 Å². The molecule has 6 heteroatoms. The molecule has 0 saturated carbocycles. The van der Waals surface area contributed by atoms with Crippen LogP contribution in [-0.2, 0) is 20.9 Å². The summed E-state index contributed by atoms with van der Waals surface area (Å²) < 4.78 is 9.78. The number of carbonyl (C=O) groups excluding carboxylic acids is 1. The summed E-state index contributed by atoms with van der Waals surface area (Å²) >= 11 is 0. The lowest BCUT2D eigenvalue weighted by atomic mass is 10.1. The van der Waals surface area contributed by atoms with Gasteiger partial charge in [-0.2, -0.15) is 0 Å². The molecule has 0 atom stereocenters. The highest BCUT2D eigenvalue weighted by molar-refractivity contribution is 5.94. The van der Waals surface area contributed by atoms with Crippen LogP contribution in [0.3, 0.4) is 0 Å². The third kappa shape index (κ3) is 5.98. The van der Waals surface area contributed by atoms with Crippen molar-refractivity contribution in [1.29, 1.82) is 0 Å². The first-order valence-corrected chi connectivity index (χ1v) is 5.79. The van der Waals surface area contributed by atoms with Gasteiger partial charge in [-0.15, -0.1) is 0 Å². The van der Waals surface area contributed by atoms with Crippen molar-refractivity contribution in [3.63, 3.8) is 0 Å². The van der Waals surface area contributed by atoms with Crippen molar-refractivity contribution in [2.75, 3.05) is 26.9 Å². The molecule has 104 valence electrons. The fraction of sp³-hybridized carbons (Fsp3) is 0.385. The molecule has 0 unspecified atom stereocenters. The second kappa shape index (κ2) is 8.23. The van der Waals surface area contributed by atoms with Gasteiger partial charge in [-0.3, -0.25) is 4.79 Å². The Labute approximate surface area is 111 Å². The molecular weight excluding hydrogens is 250 g/mol. The van der Waals surface area contributed by atoms with Crippen LogP contribution in [0.25, 0.3) is 0 Å². The lowest BCUT2D eigenvalue weighted by Crippen LogP contribution is -2.27. The number of carboxylic acid groups (broad SMARTS) is 1. The highest BCUT2D eigenvalue weighted by Crippen LogP contribution is 2.05. The standard InChI is InChI=1S/C13H17NO5/c1-18-8-10-2-4-11(5-3-10)13(17)14-6-7-19-9-12(15)16/h2-5H,6-9H2,1H3,(H,14,17)(H,15,16). The van der Waals surface area contributed by atoms with Crippen LogP contribution in [0.4, 0.5) is 0 Å². The summed E-state index contributed by atoms with van der Waals surface area (Å²) in [6.45, 7) is 0.582. The molecule has 1 aromatic carbocycles. The second-order valence-electron chi connectivity index (χ2n) is 3.83.